The maximum Gasteiger partial charge on any atom is 0.165 e. The van der Waals surface area contributed by atoms with Crippen molar-refractivity contribution in [2.75, 3.05) is 5.43 Å². The molecule has 2 aromatic heterocycles. The van der Waals surface area contributed by atoms with Gasteiger partial charge >= 0.3 is 0 Å². The SMILES string of the molecule is Cc1nc(-c2ccoc2C)nc(NN)c1C(C)C. The lowest BCUT2D eigenvalue weighted by atomic mass is 10.0. The minimum atomic E-state index is 0.315. The largest absolute Gasteiger partial charge is 0.469 e. The smallest absolute Gasteiger partial charge is 0.165 e. The Bertz CT molecular complexity index is 560. The number of nitrogens with one attached hydrogen (secondary N) is 1. The highest BCUT2D eigenvalue weighted by Crippen LogP contribution is 2.28. The van der Waals surface area contributed by atoms with Crippen molar-refractivity contribution in [2.45, 2.75) is 33.6 Å². The zero-order valence-corrected chi connectivity index (χ0v) is 11.1. The first kappa shape index (κ1) is 12.6. The molecule has 3 N–H and O–H groups in total. The Hall–Kier alpha value is -1.88. The second-order valence-corrected chi connectivity index (χ2v) is 4.58. The number of hydrogen-bond acceptors (Lipinski definition) is 5. The van der Waals surface area contributed by atoms with Crippen molar-refractivity contribution in [3.05, 3.63) is 29.3 Å². The van der Waals surface area contributed by atoms with Crippen LogP contribution < -0.4 is 11.3 Å². The number of hydrazine groups is 1. The van der Waals surface area contributed by atoms with Crippen LogP contribution in [-0.4, -0.2) is 9.97 Å². The molecule has 0 bridgehead atoms. The Morgan fingerprint density at radius 1 is 1.28 bits per heavy atom. The van der Waals surface area contributed by atoms with E-state index >= 15 is 0 Å². The number of hydrogen-bond donors (Lipinski definition) is 2. The lowest BCUT2D eigenvalue weighted by molar-refractivity contribution is 0.535. The topological polar surface area (TPSA) is 77.0 Å². The van der Waals surface area contributed by atoms with Crippen molar-refractivity contribution in [1.29, 1.82) is 0 Å². The zero-order chi connectivity index (χ0) is 13.3. The summed E-state index contributed by atoms with van der Waals surface area (Å²) < 4.78 is 5.28. The first-order valence-corrected chi connectivity index (χ1v) is 5.94. The predicted molar refractivity (Wildman–Crippen MR) is 71.1 cm³/mol. The van der Waals surface area contributed by atoms with Gasteiger partial charge < -0.3 is 9.84 Å². The molecule has 0 radical (unpaired) electrons. The van der Waals surface area contributed by atoms with Gasteiger partial charge in [0.2, 0.25) is 0 Å². The van der Waals surface area contributed by atoms with E-state index in [2.05, 4.69) is 29.2 Å². The van der Waals surface area contributed by atoms with Gasteiger partial charge in [0.05, 0.1) is 11.8 Å². The summed E-state index contributed by atoms with van der Waals surface area (Å²) in [5, 5.41) is 0. The molecule has 0 aliphatic rings. The molecule has 0 unspecified atom stereocenters. The van der Waals surface area contributed by atoms with Crippen LogP contribution in [0.2, 0.25) is 0 Å². The van der Waals surface area contributed by atoms with Gasteiger partial charge in [-0.25, -0.2) is 15.8 Å². The molecule has 0 fully saturated rings. The van der Waals surface area contributed by atoms with Crippen LogP contribution in [0.1, 0.15) is 36.8 Å². The predicted octanol–water partition coefficient (Wildman–Crippen LogP) is 2.76. The summed E-state index contributed by atoms with van der Waals surface area (Å²) in [5.74, 6) is 7.98. The number of nitrogens with zero attached hydrogens (tertiary/aromatic N) is 2. The van der Waals surface area contributed by atoms with E-state index in [1.165, 1.54) is 0 Å². The number of nitrogens with two attached hydrogens (primary N) is 1. The van der Waals surface area contributed by atoms with Crippen molar-refractivity contribution in [3.8, 4) is 11.4 Å². The molecule has 2 aromatic rings. The summed E-state index contributed by atoms with van der Waals surface area (Å²) in [5.41, 5.74) is 5.53. The fourth-order valence-electron chi connectivity index (χ4n) is 2.12. The minimum Gasteiger partial charge on any atom is -0.469 e. The van der Waals surface area contributed by atoms with Gasteiger partial charge in [-0.3, -0.25) is 0 Å². The fraction of sp³-hybridized carbons (Fsp3) is 0.385. The van der Waals surface area contributed by atoms with Crippen LogP contribution in [0, 0.1) is 13.8 Å². The summed E-state index contributed by atoms with van der Waals surface area (Å²) in [6.07, 6.45) is 1.63. The van der Waals surface area contributed by atoms with Crippen molar-refractivity contribution in [1.82, 2.24) is 9.97 Å². The molecule has 96 valence electrons. The Morgan fingerprint density at radius 3 is 2.50 bits per heavy atom. The van der Waals surface area contributed by atoms with Crippen LogP contribution >= 0.6 is 0 Å². The molecule has 0 spiro atoms. The third kappa shape index (κ3) is 2.09. The average molecular weight is 246 g/mol. The summed E-state index contributed by atoms with van der Waals surface area (Å²) >= 11 is 0. The van der Waals surface area contributed by atoms with Crippen LogP contribution in [-0.2, 0) is 0 Å². The van der Waals surface area contributed by atoms with E-state index in [4.69, 9.17) is 10.3 Å². The molecule has 5 nitrogen and oxygen atoms in total. The maximum absolute atomic E-state index is 5.55. The van der Waals surface area contributed by atoms with Crippen molar-refractivity contribution in [2.24, 2.45) is 5.84 Å². The maximum atomic E-state index is 5.55. The number of furan rings is 1. The number of aryl methyl sites for hydroxylation is 2. The molecule has 5 heteroatoms. The molecular formula is C13H18N4O. The lowest BCUT2D eigenvalue weighted by Crippen LogP contribution is -2.14. The minimum absolute atomic E-state index is 0.315. The van der Waals surface area contributed by atoms with Crippen molar-refractivity contribution in [3.63, 3.8) is 0 Å². The molecule has 0 aliphatic heterocycles. The van der Waals surface area contributed by atoms with Crippen LogP contribution in [0.5, 0.6) is 0 Å². The Morgan fingerprint density at radius 2 is 2.00 bits per heavy atom. The molecule has 18 heavy (non-hydrogen) atoms. The highest BCUT2D eigenvalue weighted by atomic mass is 16.3. The first-order valence-electron chi connectivity index (χ1n) is 5.94. The van der Waals surface area contributed by atoms with E-state index in [0.717, 1.165) is 22.6 Å². The quantitative estimate of drug-likeness (QED) is 0.643. The van der Waals surface area contributed by atoms with E-state index in [9.17, 15) is 0 Å². The van der Waals surface area contributed by atoms with Crippen LogP contribution in [0.15, 0.2) is 16.7 Å². The second-order valence-electron chi connectivity index (χ2n) is 4.58. The van der Waals surface area contributed by atoms with Crippen molar-refractivity contribution < 1.29 is 4.42 Å². The lowest BCUT2D eigenvalue weighted by Gasteiger charge is -2.15. The van der Waals surface area contributed by atoms with E-state index in [1.54, 1.807) is 6.26 Å². The van der Waals surface area contributed by atoms with Gasteiger partial charge in [-0.05, 0) is 25.8 Å². The van der Waals surface area contributed by atoms with Gasteiger partial charge in [0, 0.05) is 11.3 Å². The highest BCUT2D eigenvalue weighted by Gasteiger charge is 2.16. The van der Waals surface area contributed by atoms with E-state index < -0.39 is 0 Å². The average Bonchev–Trinajstić information content (AvgIpc) is 2.73. The first-order chi connectivity index (χ1) is 8.54. The van der Waals surface area contributed by atoms with Crippen LogP contribution in [0.4, 0.5) is 5.82 Å². The molecule has 0 saturated heterocycles. The van der Waals surface area contributed by atoms with Gasteiger partial charge in [-0.15, -0.1) is 0 Å². The molecule has 0 aromatic carbocycles. The fourth-order valence-corrected chi connectivity index (χ4v) is 2.12. The molecule has 0 aliphatic carbocycles. The summed E-state index contributed by atoms with van der Waals surface area (Å²) in [6, 6.07) is 1.86. The standard InChI is InChI=1S/C13H18N4O/c1-7(2)11-8(3)15-12(16-13(11)17-14)10-5-6-18-9(10)4/h5-7H,14H2,1-4H3,(H,15,16,17). The second kappa shape index (κ2) is 4.78. The Kier molecular flexibility index (Phi) is 3.34. The van der Waals surface area contributed by atoms with Gasteiger partial charge in [-0.1, -0.05) is 13.8 Å². The number of nitrogen functional groups attached to an aromatic ring is 1. The van der Waals surface area contributed by atoms with E-state index in [-0.39, 0.29) is 0 Å². The molecule has 0 atom stereocenters. The summed E-state index contributed by atoms with van der Waals surface area (Å²) in [7, 11) is 0. The van der Waals surface area contributed by atoms with Gasteiger partial charge in [0.25, 0.3) is 0 Å². The van der Waals surface area contributed by atoms with Crippen LogP contribution in [0.3, 0.4) is 0 Å². The summed E-state index contributed by atoms with van der Waals surface area (Å²) in [6.45, 7) is 8.04. The van der Waals surface area contributed by atoms with E-state index in [0.29, 0.717) is 17.6 Å². The number of aromatic nitrogens is 2. The number of rotatable bonds is 3. The zero-order valence-electron chi connectivity index (χ0n) is 11.1. The van der Waals surface area contributed by atoms with E-state index in [1.807, 2.05) is 19.9 Å². The van der Waals surface area contributed by atoms with Gasteiger partial charge in [0.1, 0.15) is 11.6 Å². The molecule has 0 saturated carbocycles. The number of anilines is 1. The van der Waals surface area contributed by atoms with Crippen LogP contribution in [0.25, 0.3) is 11.4 Å². The highest BCUT2D eigenvalue weighted by molar-refractivity contribution is 5.61. The third-order valence-corrected chi connectivity index (χ3v) is 2.95. The third-order valence-electron chi connectivity index (χ3n) is 2.95. The monoisotopic (exact) mass is 246 g/mol. The van der Waals surface area contributed by atoms with Gasteiger partial charge in [0.15, 0.2) is 5.82 Å². The van der Waals surface area contributed by atoms with Gasteiger partial charge in [-0.2, -0.15) is 0 Å². The van der Waals surface area contributed by atoms with Crippen molar-refractivity contribution >= 4 is 5.82 Å². The molecule has 2 heterocycles. The molecule has 2 rings (SSSR count). The summed E-state index contributed by atoms with van der Waals surface area (Å²) in [4.78, 5) is 9.01. The normalized spacial score (nSPS) is 11.0. The Balaban J connectivity index is 2.60. The molecule has 0 amide bonds. The molecular weight excluding hydrogens is 228 g/mol. The Labute approximate surface area is 106 Å².